The summed E-state index contributed by atoms with van der Waals surface area (Å²) < 4.78 is 0. The Bertz CT molecular complexity index is 207. The lowest BCUT2D eigenvalue weighted by Crippen LogP contribution is -2.36. The first kappa shape index (κ1) is 14.3. The molecule has 0 aromatic heterocycles. The summed E-state index contributed by atoms with van der Waals surface area (Å²) in [6, 6.07) is 0. The number of nitrogens with zero attached hydrogens (tertiary/aromatic N) is 1. The summed E-state index contributed by atoms with van der Waals surface area (Å²) >= 11 is 0. The van der Waals surface area contributed by atoms with E-state index in [9.17, 15) is 0 Å². The Morgan fingerprint density at radius 2 is 1.72 bits per heavy atom. The fourth-order valence-electron chi connectivity index (χ4n) is 3.21. The zero-order valence-electron chi connectivity index (χ0n) is 12.3. The second kappa shape index (κ2) is 8.16. The molecule has 2 aliphatic rings. The molecule has 0 heterocycles. The molecule has 0 atom stereocenters. The monoisotopic (exact) mass is 252 g/mol. The predicted octanol–water partition coefficient (Wildman–Crippen LogP) is 3.28. The molecule has 2 aliphatic carbocycles. The fourth-order valence-corrected chi connectivity index (χ4v) is 3.21. The second-order valence-corrected chi connectivity index (χ2v) is 6.45. The maximum atomic E-state index is 3.70. The van der Waals surface area contributed by atoms with Crippen LogP contribution in [-0.4, -0.2) is 37.6 Å². The van der Waals surface area contributed by atoms with Crippen molar-refractivity contribution in [1.82, 2.24) is 10.2 Å². The molecule has 1 N–H and O–H groups in total. The fraction of sp³-hybridized carbons (Fsp3) is 1.00. The van der Waals surface area contributed by atoms with Crippen LogP contribution in [0.4, 0.5) is 0 Å². The molecule has 0 radical (unpaired) electrons. The van der Waals surface area contributed by atoms with Crippen LogP contribution in [0.2, 0.25) is 0 Å². The van der Waals surface area contributed by atoms with Gasteiger partial charge < -0.3 is 10.2 Å². The van der Waals surface area contributed by atoms with Crippen LogP contribution >= 0.6 is 0 Å². The lowest BCUT2D eigenvalue weighted by Gasteiger charge is -2.24. The van der Waals surface area contributed by atoms with Gasteiger partial charge in [0.1, 0.15) is 0 Å². The van der Waals surface area contributed by atoms with Crippen molar-refractivity contribution in [2.45, 2.75) is 58.3 Å². The van der Waals surface area contributed by atoms with Gasteiger partial charge in [-0.1, -0.05) is 26.2 Å². The third-order valence-corrected chi connectivity index (χ3v) is 4.52. The van der Waals surface area contributed by atoms with E-state index >= 15 is 0 Å². The summed E-state index contributed by atoms with van der Waals surface area (Å²) in [5.74, 6) is 2.01. The molecule has 2 fully saturated rings. The molecule has 0 spiro atoms. The number of hydrogen-bond donors (Lipinski definition) is 1. The zero-order chi connectivity index (χ0) is 12.6. The molecule has 0 aromatic rings. The van der Waals surface area contributed by atoms with E-state index < -0.39 is 0 Å². The van der Waals surface area contributed by atoms with Gasteiger partial charge in [0.25, 0.3) is 0 Å². The molecule has 2 saturated carbocycles. The van der Waals surface area contributed by atoms with Gasteiger partial charge in [-0.2, -0.15) is 0 Å². The third kappa shape index (κ3) is 5.71. The van der Waals surface area contributed by atoms with E-state index in [2.05, 4.69) is 17.1 Å². The van der Waals surface area contributed by atoms with Gasteiger partial charge in [-0.15, -0.1) is 0 Å². The van der Waals surface area contributed by atoms with Gasteiger partial charge >= 0.3 is 0 Å². The van der Waals surface area contributed by atoms with Crippen molar-refractivity contribution >= 4 is 0 Å². The van der Waals surface area contributed by atoms with E-state index in [1.54, 1.807) is 0 Å². The largest absolute Gasteiger partial charge is 0.315 e. The number of rotatable bonds is 9. The average molecular weight is 252 g/mol. The minimum absolute atomic E-state index is 0.974. The normalized spacial score (nSPS) is 21.7. The third-order valence-electron chi connectivity index (χ3n) is 4.52. The first-order valence-corrected chi connectivity index (χ1v) is 8.31. The topological polar surface area (TPSA) is 15.3 Å². The van der Waals surface area contributed by atoms with Crippen molar-refractivity contribution in [1.29, 1.82) is 0 Å². The maximum absolute atomic E-state index is 3.70. The average Bonchev–Trinajstić information content (AvgIpc) is 3.20. The van der Waals surface area contributed by atoms with Crippen LogP contribution in [0, 0.1) is 11.8 Å². The molecule has 0 bridgehead atoms. The molecule has 2 nitrogen and oxygen atoms in total. The van der Waals surface area contributed by atoms with Crippen molar-refractivity contribution in [2.24, 2.45) is 11.8 Å². The molecule has 2 heteroatoms. The second-order valence-electron chi connectivity index (χ2n) is 6.45. The van der Waals surface area contributed by atoms with E-state index in [-0.39, 0.29) is 0 Å². The summed E-state index contributed by atoms with van der Waals surface area (Å²) in [6.07, 6.45) is 11.6. The summed E-state index contributed by atoms with van der Waals surface area (Å²) in [6.45, 7) is 8.68. The zero-order valence-corrected chi connectivity index (χ0v) is 12.3. The minimum atomic E-state index is 0.974. The van der Waals surface area contributed by atoms with E-state index in [0.717, 1.165) is 11.8 Å². The molecular weight excluding hydrogens is 220 g/mol. The molecule has 106 valence electrons. The number of hydrogen-bond acceptors (Lipinski definition) is 2. The molecule has 2 rings (SSSR count). The summed E-state index contributed by atoms with van der Waals surface area (Å²) in [5.41, 5.74) is 0. The summed E-state index contributed by atoms with van der Waals surface area (Å²) in [7, 11) is 0. The van der Waals surface area contributed by atoms with Crippen molar-refractivity contribution in [3.8, 4) is 0 Å². The lowest BCUT2D eigenvalue weighted by atomic mass is 9.89. The van der Waals surface area contributed by atoms with Crippen molar-refractivity contribution in [2.75, 3.05) is 32.7 Å². The van der Waals surface area contributed by atoms with Crippen LogP contribution in [-0.2, 0) is 0 Å². The quantitative estimate of drug-likeness (QED) is 0.634. The van der Waals surface area contributed by atoms with Crippen LogP contribution in [0.1, 0.15) is 58.3 Å². The highest BCUT2D eigenvalue weighted by Crippen LogP contribution is 2.29. The first-order valence-electron chi connectivity index (χ1n) is 8.31. The lowest BCUT2D eigenvalue weighted by molar-refractivity contribution is 0.257. The summed E-state index contributed by atoms with van der Waals surface area (Å²) in [4.78, 5) is 2.67. The van der Waals surface area contributed by atoms with Crippen LogP contribution in [0.5, 0.6) is 0 Å². The van der Waals surface area contributed by atoms with Gasteiger partial charge in [-0.3, -0.25) is 0 Å². The van der Waals surface area contributed by atoms with Gasteiger partial charge in [-0.05, 0) is 57.0 Å². The van der Waals surface area contributed by atoms with E-state index in [1.807, 2.05) is 0 Å². The van der Waals surface area contributed by atoms with Gasteiger partial charge in [0.2, 0.25) is 0 Å². The molecule has 18 heavy (non-hydrogen) atoms. The smallest absolute Gasteiger partial charge is 0.0107 e. The standard InChI is InChI=1S/C16H32N2/c1-2-11-18(14-16-8-9-16)12-10-17-13-15-6-4-3-5-7-15/h15-17H,2-14H2,1H3. The molecule has 0 aromatic carbocycles. The molecule has 0 amide bonds. The van der Waals surface area contributed by atoms with E-state index in [4.69, 9.17) is 0 Å². The predicted molar refractivity (Wildman–Crippen MR) is 78.9 cm³/mol. The molecular formula is C16H32N2. The van der Waals surface area contributed by atoms with Gasteiger partial charge in [0.05, 0.1) is 0 Å². The Morgan fingerprint density at radius 1 is 0.944 bits per heavy atom. The SMILES string of the molecule is CCCN(CCNCC1CCCCC1)CC1CC1. The Balaban J connectivity index is 1.51. The Kier molecular flexibility index (Phi) is 6.50. The van der Waals surface area contributed by atoms with Crippen molar-refractivity contribution < 1.29 is 0 Å². The number of nitrogens with one attached hydrogen (secondary N) is 1. The molecule has 0 aliphatic heterocycles. The van der Waals surface area contributed by atoms with Crippen LogP contribution in [0.25, 0.3) is 0 Å². The Morgan fingerprint density at radius 3 is 2.39 bits per heavy atom. The highest BCUT2D eigenvalue weighted by atomic mass is 15.1. The van der Waals surface area contributed by atoms with Crippen molar-refractivity contribution in [3.05, 3.63) is 0 Å². The highest BCUT2D eigenvalue weighted by Gasteiger charge is 2.23. The van der Waals surface area contributed by atoms with Crippen LogP contribution in [0.15, 0.2) is 0 Å². The van der Waals surface area contributed by atoms with Gasteiger partial charge in [0.15, 0.2) is 0 Å². The first-order chi connectivity index (χ1) is 8.88. The van der Waals surface area contributed by atoms with Crippen molar-refractivity contribution in [3.63, 3.8) is 0 Å². The Hall–Kier alpha value is -0.0800. The minimum Gasteiger partial charge on any atom is -0.315 e. The van der Waals surface area contributed by atoms with Gasteiger partial charge in [0, 0.05) is 19.6 Å². The van der Waals surface area contributed by atoms with E-state index in [0.29, 0.717) is 0 Å². The van der Waals surface area contributed by atoms with Crippen LogP contribution < -0.4 is 5.32 Å². The maximum Gasteiger partial charge on any atom is 0.0107 e. The Labute approximate surface area is 114 Å². The van der Waals surface area contributed by atoms with E-state index in [1.165, 1.54) is 84.1 Å². The molecule has 0 unspecified atom stereocenters. The highest BCUT2D eigenvalue weighted by molar-refractivity contribution is 4.77. The van der Waals surface area contributed by atoms with Gasteiger partial charge in [-0.25, -0.2) is 0 Å². The van der Waals surface area contributed by atoms with Crippen LogP contribution in [0.3, 0.4) is 0 Å². The summed E-state index contributed by atoms with van der Waals surface area (Å²) in [5, 5.41) is 3.70. The molecule has 0 saturated heterocycles.